The molecule has 0 aliphatic carbocycles. The van der Waals surface area contributed by atoms with Gasteiger partial charge in [0.1, 0.15) is 12.7 Å². The van der Waals surface area contributed by atoms with Crippen molar-refractivity contribution < 1.29 is 23.8 Å². The van der Waals surface area contributed by atoms with Crippen LogP contribution >= 0.6 is 0 Å². The number of hydrogen-bond acceptors (Lipinski definition) is 5. The quantitative estimate of drug-likeness (QED) is 0.349. The van der Waals surface area contributed by atoms with E-state index in [1.807, 2.05) is 0 Å². The van der Waals surface area contributed by atoms with E-state index in [0.29, 0.717) is 12.0 Å². The molecule has 0 amide bonds. The molecule has 1 atom stereocenters. The Morgan fingerprint density at radius 3 is 2.35 bits per heavy atom. The Bertz CT molecular complexity index is 311. The maximum atomic E-state index is 11.3. The summed E-state index contributed by atoms with van der Waals surface area (Å²) < 4.78 is 14.9. The molecule has 0 heterocycles. The van der Waals surface area contributed by atoms with Crippen molar-refractivity contribution in [3.63, 3.8) is 0 Å². The lowest BCUT2D eigenvalue weighted by Crippen LogP contribution is -2.26. The van der Waals surface area contributed by atoms with E-state index in [0.717, 1.165) is 25.7 Å². The summed E-state index contributed by atoms with van der Waals surface area (Å²) in [5.41, 5.74) is 0.325. The molecular weight excluding hydrogens is 260 g/mol. The Morgan fingerprint density at radius 1 is 1.10 bits per heavy atom. The van der Waals surface area contributed by atoms with Crippen molar-refractivity contribution in [1.29, 1.82) is 0 Å². The first-order valence-electron chi connectivity index (χ1n) is 7.17. The molecule has 0 radical (unpaired) electrons. The average molecular weight is 286 g/mol. The number of unbranched alkanes of at least 4 members (excludes halogenated alkanes) is 3. The molecule has 0 fully saturated rings. The Kier molecular flexibility index (Phi) is 10.5. The minimum absolute atomic E-state index is 0.0383. The highest BCUT2D eigenvalue weighted by Gasteiger charge is 2.17. The smallest absolute Gasteiger partial charge is 0.458 e. The third kappa shape index (κ3) is 9.42. The molecule has 0 aliphatic heterocycles. The largest absolute Gasteiger partial charge is 0.508 e. The minimum Gasteiger partial charge on any atom is -0.458 e. The van der Waals surface area contributed by atoms with Crippen molar-refractivity contribution >= 4 is 12.1 Å². The standard InChI is InChI=1S/C15H26O5/c1-5-7-8-9-10-13(20-15(17)18-6-2)11-19-14(16)12(3)4/h13H,3,5-11H2,1-2,4H3. The van der Waals surface area contributed by atoms with Crippen LogP contribution < -0.4 is 0 Å². The summed E-state index contributed by atoms with van der Waals surface area (Å²) in [5, 5.41) is 0. The molecule has 0 aliphatic rings. The summed E-state index contributed by atoms with van der Waals surface area (Å²) in [5.74, 6) is -0.476. The molecule has 0 aromatic carbocycles. The molecule has 0 saturated carbocycles. The van der Waals surface area contributed by atoms with Crippen LogP contribution in [0.25, 0.3) is 0 Å². The zero-order valence-corrected chi connectivity index (χ0v) is 12.8. The number of ether oxygens (including phenoxy) is 3. The van der Waals surface area contributed by atoms with Crippen LogP contribution in [0.15, 0.2) is 12.2 Å². The number of esters is 1. The van der Waals surface area contributed by atoms with Crippen LogP contribution in [0.2, 0.25) is 0 Å². The van der Waals surface area contributed by atoms with Crippen LogP contribution in [0.5, 0.6) is 0 Å². The number of carbonyl (C=O) groups is 2. The zero-order valence-electron chi connectivity index (χ0n) is 12.8. The van der Waals surface area contributed by atoms with Crippen molar-refractivity contribution in [1.82, 2.24) is 0 Å². The molecule has 0 aromatic heterocycles. The van der Waals surface area contributed by atoms with Crippen molar-refractivity contribution in [2.75, 3.05) is 13.2 Å². The van der Waals surface area contributed by atoms with Crippen LogP contribution in [-0.2, 0) is 19.0 Å². The fraction of sp³-hybridized carbons (Fsp3) is 0.733. The Morgan fingerprint density at radius 2 is 1.80 bits per heavy atom. The monoisotopic (exact) mass is 286 g/mol. The first-order chi connectivity index (χ1) is 9.51. The van der Waals surface area contributed by atoms with Gasteiger partial charge in [0.2, 0.25) is 0 Å². The van der Waals surface area contributed by atoms with E-state index >= 15 is 0 Å². The van der Waals surface area contributed by atoms with Crippen LogP contribution in [0.3, 0.4) is 0 Å². The summed E-state index contributed by atoms with van der Waals surface area (Å²) >= 11 is 0. The Balaban J connectivity index is 4.19. The van der Waals surface area contributed by atoms with Crippen LogP contribution in [-0.4, -0.2) is 31.4 Å². The van der Waals surface area contributed by atoms with Gasteiger partial charge in [-0.3, -0.25) is 0 Å². The lowest BCUT2D eigenvalue weighted by Gasteiger charge is -2.17. The number of hydrogen-bond donors (Lipinski definition) is 0. The Labute approximate surface area is 121 Å². The maximum Gasteiger partial charge on any atom is 0.508 e. The number of carbonyl (C=O) groups excluding carboxylic acids is 2. The third-order valence-corrected chi connectivity index (χ3v) is 2.65. The van der Waals surface area contributed by atoms with E-state index in [4.69, 9.17) is 14.2 Å². The van der Waals surface area contributed by atoms with Gasteiger partial charge in [-0.15, -0.1) is 0 Å². The Hall–Kier alpha value is -1.52. The fourth-order valence-electron chi connectivity index (χ4n) is 1.55. The molecule has 0 aromatic rings. The lowest BCUT2D eigenvalue weighted by molar-refractivity contribution is -0.142. The molecule has 5 nitrogen and oxygen atoms in total. The van der Waals surface area contributed by atoms with Crippen LogP contribution in [0.4, 0.5) is 4.79 Å². The van der Waals surface area contributed by atoms with Gasteiger partial charge < -0.3 is 14.2 Å². The van der Waals surface area contributed by atoms with Gasteiger partial charge in [0.05, 0.1) is 6.61 Å². The van der Waals surface area contributed by atoms with Gasteiger partial charge in [0, 0.05) is 5.57 Å². The van der Waals surface area contributed by atoms with Crippen LogP contribution in [0.1, 0.15) is 52.9 Å². The van der Waals surface area contributed by atoms with Gasteiger partial charge in [-0.2, -0.15) is 0 Å². The summed E-state index contributed by atoms with van der Waals surface area (Å²) in [7, 11) is 0. The molecule has 0 N–H and O–H groups in total. The SMILES string of the molecule is C=C(C)C(=O)OCC(CCCCCC)OC(=O)OCC. The molecule has 0 saturated heterocycles. The normalized spacial score (nSPS) is 11.6. The van der Waals surface area contributed by atoms with Gasteiger partial charge >= 0.3 is 12.1 Å². The second-order valence-electron chi connectivity index (χ2n) is 4.65. The van der Waals surface area contributed by atoms with Gasteiger partial charge in [0.15, 0.2) is 0 Å². The van der Waals surface area contributed by atoms with Gasteiger partial charge in [0.25, 0.3) is 0 Å². The number of rotatable bonds is 10. The van der Waals surface area contributed by atoms with E-state index < -0.39 is 18.2 Å². The summed E-state index contributed by atoms with van der Waals surface area (Å²) in [6.07, 6.45) is 3.72. The van der Waals surface area contributed by atoms with E-state index in [2.05, 4.69) is 13.5 Å². The van der Waals surface area contributed by atoms with Crippen molar-refractivity contribution in [3.8, 4) is 0 Å². The summed E-state index contributed by atoms with van der Waals surface area (Å²) in [4.78, 5) is 22.7. The molecule has 0 spiro atoms. The topological polar surface area (TPSA) is 61.8 Å². The predicted molar refractivity (Wildman–Crippen MR) is 76.4 cm³/mol. The second kappa shape index (κ2) is 11.3. The van der Waals surface area contributed by atoms with E-state index in [-0.39, 0.29) is 13.2 Å². The van der Waals surface area contributed by atoms with E-state index in [1.54, 1.807) is 13.8 Å². The van der Waals surface area contributed by atoms with E-state index in [1.165, 1.54) is 0 Å². The first-order valence-corrected chi connectivity index (χ1v) is 7.17. The fourth-order valence-corrected chi connectivity index (χ4v) is 1.55. The van der Waals surface area contributed by atoms with Gasteiger partial charge in [-0.1, -0.05) is 32.8 Å². The first kappa shape index (κ1) is 18.5. The highest BCUT2D eigenvalue weighted by atomic mass is 16.7. The molecule has 0 bridgehead atoms. The summed E-state index contributed by atoms with van der Waals surface area (Å²) in [6, 6.07) is 0. The van der Waals surface area contributed by atoms with Crippen molar-refractivity contribution in [3.05, 3.63) is 12.2 Å². The predicted octanol–water partition coefficient (Wildman–Crippen LogP) is 3.62. The van der Waals surface area contributed by atoms with Crippen LogP contribution in [0, 0.1) is 0 Å². The van der Waals surface area contributed by atoms with Gasteiger partial charge in [-0.05, 0) is 26.7 Å². The summed E-state index contributed by atoms with van der Waals surface area (Å²) in [6.45, 7) is 9.21. The molecule has 0 rings (SSSR count). The highest BCUT2D eigenvalue weighted by Crippen LogP contribution is 2.10. The van der Waals surface area contributed by atoms with E-state index in [9.17, 15) is 9.59 Å². The molecule has 20 heavy (non-hydrogen) atoms. The molecular formula is C15H26O5. The molecule has 1 unspecified atom stereocenters. The average Bonchev–Trinajstić information content (AvgIpc) is 2.40. The lowest BCUT2D eigenvalue weighted by atomic mass is 10.1. The van der Waals surface area contributed by atoms with Crippen molar-refractivity contribution in [2.24, 2.45) is 0 Å². The molecule has 5 heteroatoms. The van der Waals surface area contributed by atoms with Gasteiger partial charge in [-0.25, -0.2) is 9.59 Å². The minimum atomic E-state index is -0.723. The molecule has 116 valence electrons. The maximum absolute atomic E-state index is 11.3. The highest BCUT2D eigenvalue weighted by molar-refractivity contribution is 5.86. The zero-order chi connectivity index (χ0) is 15.4. The third-order valence-electron chi connectivity index (χ3n) is 2.65. The van der Waals surface area contributed by atoms with Crippen molar-refractivity contribution in [2.45, 2.75) is 59.0 Å². The second-order valence-corrected chi connectivity index (χ2v) is 4.65.